The van der Waals surface area contributed by atoms with Crippen molar-refractivity contribution >= 4 is 5.91 Å². The molecular formula is C10H21N3O. The first-order chi connectivity index (χ1) is 6.66. The number of carbonyl (C=O) groups excluding carboxylic acids is 1. The van der Waals surface area contributed by atoms with Crippen LogP contribution in [0.3, 0.4) is 0 Å². The zero-order chi connectivity index (χ0) is 10.6. The maximum atomic E-state index is 11.5. The Bertz CT molecular complexity index is 196. The molecule has 2 unspecified atom stereocenters. The highest BCUT2D eigenvalue weighted by atomic mass is 16.2. The van der Waals surface area contributed by atoms with E-state index in [2.05, 4.69) is 22.5 Å². The predicted molar refractivity (Wildman–Crippen MR) is 57.2 cm³/mol. The summed E-state index contributed by atoms with van der Waals surface area (Å²) in [4.78, 5) is 13.8. The van der Waals surface area contributed by atoms with Gasteiger partial charge in [-0.05, 0) is 26.8 Å². The number of hydrogen-bond acceptors (Lipinski definition) is 3. The lowest BCUT2D eigenvalue weighted by molar-refractivity contribution is -0.126. The van der Waals surface area contributed by atoms with Crippen LogP contribution in [0.25, 0.3) is 0 Å². The summed E-state index contributed by atoms with van der Waals surface area (Å²) in [6, 6.07) is 0.416. The Kier molecular flexibility index (Phi) is 4.35. The van der Waals surface area contributed by atoms with Crippen molar-refractivity contribution in [2.45, 2.75) is 32.4 Å². The smallest absolute Gasteiger partial charge is 0.236 e. The molecular weight excluding hydrogens is 178 g/mol. The molecule has 0 radical (unpaired) electrons. The summed E-state index contributed by atoms with van der Waals surface area (Å²) in [6.45, 7) is 7.17. The molecule has 0 aromatic carbocycles. The molecule has 4 nitrogen and oxygen atoms in total. The first kappa shape index (κ1) is 11.5. The fraction of sp³-hybridized carbons (Fsp3) is 0.900. The van der Waals surface area contributed by atoms with Gasteiger partial charge in [0.15, 0.2) is 0 Å². The van der Waals surface area contributed by atoms with Crippen LogP contribution in [0.2, 0.25) is 0 Å². The molecule has 1 rings (SSSR count). The molecule has 0 spiro atoms. The Labute approximate surface area is 86.0 Å². The summed E-state index contributed by atoms with van der Waals surface area (Å²) in [5.74, 6) is 0.110. The number of likely N-dealkylation sites (N-methyl/N-ethyl adjacent to an activating group) is 1. The second-order valence-corrected chi connectivity index (χ2v) is 3.93. The molecule has 4 heteroatoms. The fourth-order valence-electron chi connectivity index (χ4n) is 1.97. The van der Waals surface area contributed by atoms with Crippen LogP contribution in [0, 0.1) is 0 Å². The zero-order valence-corrected chi connectivity index (χ0v) is 9.34. The van der Waals surface area contributed by atoms with Gasteiger partial charge in [-0.25, -0.2) is 0 Å². The van der Waals surface area contributed by atoms with Gasteiger partial charge < -0.3 is 10.6 Å². The van der Waals surface area contributed by atoms with Crippen LogP contribution in [-0.2, 0) is 4.79 Å². The highest BCUT2D eigenvalue weighted by Gasteiger charge is 2.25. The van der Waals surface area contributed by atoms with E-state index in [1.54, 1.807) is 7.05 Å². The summed E-state index contributed by atoms with van der Waals surface area (Å²) in [6.07, 6.45) is 1.12. The van der Waals surface area contributed by atoms with Crippen molar-refractivity contribution in [1.82, 2.24) is 15.5 Å². The van der Waals surface area contributed by atoms with Gasteiger partial charge in [0.05, 0.1) is 6.04 Å². The summed E-state index contributed by atoms with van der Waals surface area (Å²) in [7, 11) is 1.69. The molecule has 1 heterocycles. The minimum atomic E-state index is -0.0186. The highest BCUT2D eigenvalue weighted by molar-refractivity contribution is 5.81. The van der Waals surface area contributed by atoms with Gasteiger partial charge in [0.25, 0.3) is 0 Å². The summed E-state index contributed by atoms with van der Waals surface area (Å²) >= 11 is 0. The van der Waals surface area contributed by atoms with Crippen molar-refractivity contribution in [3.63, 3.8) is 0 Å². The van der Waals surface area contributed by atoms with E-state index in [9.17, 15) is 4.79 Å². The maximum absolute atomic E-state index is 11.5. The van der Waals surface area contributed by atoms with Gasteiger partial charge in [0.1, 0.15) is 0 Å². The molecule has 1 aliphatic heterocycles. The molecule has 0 bridgehead atoms. The van der Waals surface area contributed by atoms with E-state index in [4.69, 9.17) is 0 Å². The van der Waals surface area contributed by atoms with Crippen molar-refractivity contribution in [3.05, 3.63) is 0 Å². The lowest BCUT2D eigenvalue weighted by Gasteiger charge is -2.31. The first-order valence-electron chi connectivity index (χ1n) is 5.35. The van der Waals surface area contributed by atoms with Gasteiger partial charge in [-0.2, -0.15) is 0 Å². The maximum Gasteiger partial charge on any atom is 0.236 e. The van der Waals surface area contributed by atoms with Gasteiger partial charge in [-0.1, -0.05) is 0 Å². The monoisotopic (exact) mass is 199 g/mol. The second kappa shape index (κ2) is 5.32. The van der Waals surface area contributed by atoms with Gasteiger partial charge >= 0.3 is 0 Å². The molecule has 1 amide bonds. The Balaban J connectivity index is 2.58. The molecule has 0 aromatic heterocycles. The van der Waals surface area contributed by atoms with Crippen molar-refractivity contribution in [2.24, 2.45) is 0 Å². The standard InChI is InChI=1S/C10H21N3O/c1-8-7-12-5-4-6-13(8)9(2)10(14)11-3/h8-9,12H,4-7H2,1-3H3,(H,11,14). The quantitative estimate of drug-likeness (QED) is 0.647. The van der Waals surface area contributed by atoms with E-state index in [0.717, 1.165) is 26.1 Å². The minimum absolute atomic E-state index is 0.0186. The molecule has 0 aliphatic carbocycles. The molecule has 82 valence electrons. The van der Waals surface area contributed by atoms with Gasteiger partial charge in [-0.15, -0.1) is 0 Å². The molecule has 1 fully saturated rings. The van der Waals surface area contributed by atoms with Crippen LogP contribution in [0.5, 0.6) is 0 Å². The third-order valence-electron chi connectivity index (χ3n) is 2.90. The van der Waals surface area contributed by atoms with Gasteiger partial charge in [0.2, 0.25) is 5.91 Å². The molecule has 14 heavy (non-hydrogen) atoms. The Hall–Kier alpha value is -0.610. The van der Waals surface area contributed by atoms with E-state index in [0.29, 0.717) is 6.04 Å². The first-order valence-corrected chi connectivity index (χ1v) is 5.35. The predicted octanol–water partition coefficient (Wildman–Crippen LogP) is -0.195. The number of hydrogen-bond donors (Lipinski definition) is 2. The molecule has 1 aliphatic rings. The third kappa shape index (κ3) is 2.69. The average molecular weight is 199 g/mol. The lowest BCUT2D eigenvalue weighted by atomic mass is 10.2. The summed E-state index contributed by atoms with van der Waals surface area (Å²) in [5.41, 5.74) is 0. The van der Waals surface area contributed by atoms with E-state index in [1.807, 2.05) is 6.92 Å². The van der Waals surface area contributed by atoms with Crippen LogP contribution in [0.4, 0.5) is 0 Å². The largest absolute Gasteiger partial charge is 0.358 e. The lowest BCUT2D eigenvalue weighted by Crippen LogP contribution is -2.49. The summed E-state index contributed by atoms with van der Waals surface area (Å²) in [5, 5.41) is 6.07. The van der Waals surface area contributed by atoms with Crippen LogP contribution in [-0.4, -0.2) is 49.6 Å². The van der Waals surface area contributed by atoms with E-state index < -0.39 is 0 Å². The summed E-state index contributed by atoms with van der Waals surface area (Å²) < 4.78 is 0. The SMILES string of the molecule is CNC(=O)C(C)N1CCCNCC1C. The average Bonchev–Trinajstić information content (AvgIpc) is 2.40. The molecule has 1 saturated heterocycles. The fourth-order valence-corrected chi connectivity index (χ4v) is 1.97. The van der Waals surface area contributed by atoms with Crippen molar-refractivity contribution in [1.29, 1.82) is 0 Å². The van der Waals surface area contributed by atoms with E-state index >= 15 is 0 Å². The van der Waals surface area contributed by atoms with Crippen LogP contribution < -0.4 is 10.6 Å². The van der Waals surface area contributed by atoms with Gasteiger partial charge in [0, 0.05) is 26.2 Å². The topological polar surface area (TPSA) is 44.4 Å². The minimum Gasteiger partial charge on any atom is -0.358 e. The molecule has 2 atom stereocenters. The van der Waals surface area contributed by atoms with Crippen LogP contribution >= 0.6 is 0 Å². The van der Waals surface area contributed by atoms with Gasteiger partial charge in [-0.3, -0.25) is 9.69 Å². The second-order valence-electron chi connectivity index (χ2n) is 3.93. The number of rotatable bonds is 2. The molecule has 0 saturated carbocycles. The van der Waals surface area contributed by atoms with E-state index in [-0.39, 0.29) is 11.9 Å². The molecule has 0 aromatic rings. The van der Waals surface area contributed by atoms with Crippen LogP contribution in [0.1, 0.15) is 20.3 Å². The molecule has 2 N–H and O–H groups in total. The third-order valence-corrected chi connectivity index (χ3v) is 2.90. The van der Waals surface area contributed by atoms with Crippen molar-refractivity contribution < 1.29 is 4.79 Å². The van der Waals surface area contributed by atoms with Crippen molar-refractivity contribution in [3.8, 4) is 0 Å². The van der Waals surface area contributed by atoms with Crippen molar-refractivity contribution in [2.75, 3.05) is 26.7 Å². The number of amides is 1. The number of nitrogens with one attached hydrogen (secondary N) is 2. The Morgan fingerprint density at radius 2 is 2.36 bits per heavy atom. The zero-order valence-electron chi connectivity index (χ0n) is 9.34. The van der Waals surface area contributed by atoms with E-state index in [1.165, 1.54) is 0 Å². The Morgan fingerprint density at radius 3 is 3.00 bits per heavy atom. The number of carbonyl (C=O) groups is 1. The van der Waals surface area contributed by atoms with Crippen LogP contribution in [0.15, 0.2) is 0 Å². The Morgan fingerprint density at radius 1 is 1.64 bits per heavy atom. The normalized spacial score (nSPS) is 26.6. The number of nitrogens with zero attached hydrogens (tertiary/aromatic N) is 1. The highest BCUT2D eigenvalue weighted by Crippen LogP contribution is 2.08.